The molecule has 174 valence electrons. The van der Waals surface area contributed by atoms with Crippen LogP contribution in [-0.2, 0) is 11.2 Å². The largest absolute Gasteiger partial charge is 0.483 e. The molecule has 1 atom stereocenters. The maximum Gasteiger partial charge on any atom is 0.327 e. The molecule has 1 saturated heterocycles. The molecule has 0 bridgehead atoms. The zero-order valence-electron chi connectivity index (χ0n) is 18.9. The number of carbonyl (C=O) groups is 2. The third-order valence-electron chi connectivity index (χ3n) is 5.83. The van der Waals surface area contributed by atoms with Gasteiger partial charge in [0, 0.05) is 49.7 Å². The minimum absolute atomic E-state index is 0.175. The van der Waals surface area contributed by atoms with Gasteiger partial charge in [0.2, 0.25) is 0 Å². The smallest absolute Gasteiger partial charge is 0.327 e. The lowest BCUT2D eigenvalue weighted by Gasteiger charge is -2.34. The summed E-state index contributed by atoms with van der Waals surface area (Å²) in [7, 11) is 0. The van der Waals surface area contributed by atoms with Gasteiger partial charge in [-0.2, -0.15) is 5.10 Å². The van der Waals surface area contributed by atoms with Crippen LogP contribution in [0.25, 0.3) is 5.65 Å². The number of hydrogen-bond donors (Lipinski definition) is 3. The molecule has 2 aliphatic rings. The lowest BCUT2D eigenvalue weighted by atomic mass is 10.1. The average molecular weight is 453 g/mol. The number of carboxylic acid groups (broad SMARTS) is 1. The number of pyridine rings is 2. The van der Waals surface area contributed by atoms with Crippen LogP contribution < -0.4 is 20.4 Å². The van der Waals surface area contributed by atoms with E-state index in [1.807, 2.05) is 32.3 Å². The fraction of sp³-hybridized carbons (Fsp3) is 0.409. The van der Waals surface area contributed by atoms with Gasteiger partial charge in [-0.1, -0.05) is 0 Å². The molecule has 3 aromatic heterocycles. The second-order valence-electron chi connectivity index (χ2n) is 8.20. The molecular weight excluding hydrogens is 424 g/mol. The second kappa shape index (κ2) is 9.41. The molecule has 33 heavy (non-hydrogen) atoms. The molecule has 1 fully saturated rings. The average Bonchev–Trinajstić information content (AvgIpc) is 3.37. The summed E-state index contributed by atoms with van der Waals surface area (Å²) in [6.45, 7) is 9.26. The molecule has 2 amide bonds. The number of amides is 2. The van der Waals surface area contributed by atoms with E-state index in [-0.39, 0.29) is 12.5 Å². The second-order valence-corrected chi connectivity index (χ2v) is 8.20. The number of urea groups is 1. The predicted octanol–water partition coefficient (Wildman–Crippen LogP) is 1.83. The third kappa shape index (κ3) is 4.58. The molecule has 11 nitrogen and oxygen atoms in total. The van der Waals surface area contributed by atoms with Crippen molar-refractivity contribution in [2.24, 2.45) is 0 Å². The monoisotopic (exact) mass is 452 g/mol. The first-order valence-electron chi connectivity index (χ1n) is 10.9. The van der Waals surface area contributed by atoms with E-state index in [0.29, 0.717) is 18.4 Å². The number of rotatable bonds is 2. The maximum atomic E-state index is 13.1. The zero-order chi connectivity index (χ0) is 23.5. The van der Waals surface area contributed by atoms with Crippen LogP contribution in [0.4, 0.5) is 22.0 Å². The standard InChI is InChI=1S/C21H26N8O.CH2O2/c1-13-10-19-24-15(3)26-29(19)12-17(13)25-21(30)28-8-5-16-18(4-6-23-20(16)28)27-9-7-22-14(2)11-27;2-1-3/h4,6,10,12,14,22H,5,7-9,11H2,1-3H3,(H,25,30);1H,(H,2,3)/t14-;/m0./s1. The molecule has 3 aromatic rings. The molecule has 5 rings (SSSR count). The summed E-state index contributed by atoms with van der Waals surface area (Å²) in [6.07, 6.45) is 4.43. The number of hydrogen-bond acceptors (Lipinski definition) is 7. The Bertz CT molecular complexity index is 1180. The lowest BCUT2D eigenvalue weighted by Crippen LogP contribution is -2.49. The Kier molecular flexibility index (Phi) is 6.40. The van der Waals surface area contributed by atoms with Crippen LogP contribution in [0.3, 0.4) is 0 Å². The van der Waals surface area contributed by atoms with Crippen molar-refractivity contribution in [2.75, 3.05) is 41.3 Å². The summed E-state index contributed by atoms with van der Waals surface area (Å²) in [5.74, 6) is 1.46. The Hall–Kier alpha value is -3.73. The van der Waals surface area contributed by atoms with Gasteiger partial charge in [0.15, 0.2) is 5.65 Å². The van der Waals surface area contributed by atoms with Crippen LogP contribution in [0.15, 0.2) is 24.5 Å². The highest BCUT2D eigenvalue weighted by atomic mass is 16.3. The maximum absolute atomic E-state index is 13.1. The molecule has 11 heteroatoms. The molecule has 0 aromatic carbocycles. The van der Waals surface area contributed by atoms with Crippen LogP contribution >= 0.6 is 0 Å². The number of aromatic nitrogens is 4. The first kappa shape index (κ1) is 22.5. The van der Waals surface area contributed by atoms with Crippen molar-refractivity contribution < 1.29 is 14.7 Å². The fourth-order valence-corrected chi connectivity index (χ4v) is 4.37. The highest BCUT2D eigenvalue weighted by Crippen LogP contribution is 2.34. The number of aryl methyl sites for hydroxylation is 2. The molecule has 0 spiro atoms. The first-order valence-corrected chi connectivity index (χ1v) is 10.9. The molecule has 5 heterocycles. The SMILES string of the molecule is Cc1nc2cc(C)c(NC(=O)N3CCc4c(N5CCN[C@@H](C)C5)ccnc43)cn2n1.O=CO. The third-order valence-corrected chi connectivity index (χ3v) is 5.83. The van der Waals surface area contributed by atoms with Crippen molar-refractivity contribution in [3.8, 4) is 0 Å². The van der Waals surface area contributed by atoms with Crippen molar-refractivity contribution in [3.05, 3.63) is 41.5 Å². The van der Waals surface area contributed by atoms with Gasteiger partial charge in [-0.05, 0) is 44.9 Å². The van der Waals surface area contributed by atoms with E-state index >= 15 is 0 Å². The van der Waals surface area contributed by atoms with Gasteiger partial charge < -0.3 is 20.6 Å². The Balaban J connectivity index is 0.000000821. The summed E-state index contributed by atoms with van der Waals surface area (Å²) >= 11 is 0. The number of nitrogens with zero attached hydrogens (tertiary/aromatic N) is 6. The van der Waals surface area contributed by atoms with Crippen LogP contribution in [0.1, 0.15) is 23.9 Å². The minimum atomic E-state index is -0.250. The van der Waals surface area contributed by atoms with E-state index in [1.165, 1.54) is 5.69 Å². The van der Waals surface area contributed by atoms with E-state index in [9.17, 15) is 4.79 Å². The predicted molar refractivity (Wildman–Crippen MR) is 125 cm³/mol. The van der Waals surface area contributed by atoms with Crippen molar-refractivity contribution in [1.29, 1.82) is 0 Å². The van der Waals surface area contributed by atoms with Gasteiger partial charge in [0.25, 0.3) is 6.47 Å². The lowest BCUT2D eigenvalue weighted by molar-refractivity contribution is -0.122. The Morgan fingerprint density at radius 3 is 2.88 bits per heavy atom. The molecule has 0 aliphatic carbocycles. The minimum Gasteiger partial charge on any atom is -0.483 e. The summed E-state index contributed by atoms with van der Waals surface area (Å²) in [5, 5.41) is 17.7. The topological polar surface area (TPSA) is 128 Å². The number of carbonyl (C=O) groups excluding carboxylic acids is 1. The normalized spacial score (nSPS) is 17.4. The Morgan fingerprint density at radius 1 is 1.33 bits per heavy atom. The van der Waals surface area contributed by atoms with Gasteiger partial charge in [-0.15, -0.1) is 0 Å². The van der Waals surface area contributed by atoms with Crippen molar-refractivity contribution >= 4 is 35.3 Å². The van der Waals surface area contributed by atoms with Gasteiger partial charge in [0.1, 0.15) is 11.6 Å². The van der Waals surface area contributed by atoms with Crippen molar-refractivity contribution in [3.63, 3.8) is 0 Å². The molecule has 0 radical (unpaired) electrons. The molecular formula is C22H28N8O3. The number of nitrogens with one attached hydrogen (secondary N) is 2. The van der Waals surface area contributed by atoms with Crippen LogP contribution in [0.5, 0.6) is 0 Å². The van der Waals surface area contributed by atoms with Crippen LogP contribution in [0, 0.1) is 13.8 Å². The summed E-state index contributed by atoms with van der Waals surface area (Å²) in [4.78, 5) is 34.5. The molecule has 3 N–H and O–H groups in total. The van der Waals surface area contributed by atoms with Gasteiger partial charge in [-0.25, -0.2) is 19.3 Å². The highest BCUT2D eigenvalue weighted by molar-refractivity contribution is 6.03. The summed E-state index contributed by atoms with van der Waals surface area (Å²) < 4.78 is 1.69. The summed E-state index contributed by atoms with van der Waals surface area (Å²) in [5.41, 5.74) is 4.78. The first-order chi connectivity index (χ1) is 15.9. The fourth-order valence-electron chi connectivity index (χ4n) is 4.37. The quantitative estimate of drug-likeness (QED) is 0.503. The van der Waals surface area contributed by atoms with Gasteiger partial charge in [0.05, 0.1) is 11.9 Å². The molecule has 2 aliphatic heterocycles. The van der Waals surface area contributed by atoms with E-state index in [1.54, 1.807) is 9.42 Å². The van der Waals surface area contributed by atoms with E-state index in [0.717, 1.165) is 54.3 Å². The number of fused-ring (bicyclic) bond motifs is 2. The van der Waals surface area contributed by atoms with Crippen molar-refractivity contribution in [2.45, 2.75) is 33.2 Å². The van der Waals surface area contributed by atoms with Crippen LogP contribution in [-0.4, -0.2) is 69.4 Å². The Morgan fingerprint density at radius 2 is 2.12 bits per heavy atom. The number of piperazine rings is 1. The number of anilines is 3. The summed E-state index contributed by atoms with van der Waals surface area (Å²) in [6, 6.07) is 4.27. The van der Waals surface area contributed by atoms with Crippen LogP contribution in [0.2, 0.25) is 0 Å². The van der Waals surface area contributed by atoms with E-state index in [4.69, 9.17) is 9.90 Å². The molecule has 0 saturated carbocycles. The highest BCUT2D eigenvalue weighted by Gasteiger charge is 2.30. The van der Waals surface area contributed by atoms with Crippen molar-refractivity contribution in [1.82, 2.24) is 24.9 Å². The Labute approximate surface area is 191 Å². The van der Waals surface area contributed by atoms with Gasteiger partial charge >= 0.3 is 6.03 Å². The van der Waals surface area contributed by atoms with E-state index < -0.39 is 0 Å². The molecule has 0 unspecified atom stereocenters. The van der Waals surface area contributed by atoms with E-state index in [2.05, 4.69) is 43.6 Å². The zero-order valence-corrected chi connectivity index (χ0v) is 18.9. The van der Waals surface area contributed by atoms with Gasteiger partial charge in [-0.3, -0.25) is 9.69 Å².